The van der Waals surface area contributed by atoms with Crippen LogP contribution in [0.1, 0.15) is 25.3 Å². The van der Waals surface area contributed by atoms with Gasteiger partial charge in [-0.05, 0) is 31.9 Å². The van der Waals surface area contributed by atoms with Crippen molar-refractivity contribution in [1.82, 2.24) is 15.5 Å². The molecule has 2 N–H and O–H groups in total. The molecule has 1 fully saturated rings. The highest BCUT2D eigenvalue weighted by Gasteiger charge is 2.33. The first-order valence-corrected chi connectivity index (χ1v) is 9.00. The van der Waals surface area contributed by atoms with E-state index in [4.69, 9.17) is 4.74 Å². The first kappa shape index (κ1) is 20.9. The molecule has 0 spiro atoms. The molecule has 1 aliphatic rings. The fraction of sp³-hybridized carbons (Fsp3) is 0.556. The Morgan fingerprint density at radius 2 is 1.93 bits per heavy atom. The molecule has 150 valence electrons. The van der Waals surface area contributed by atoms with Crippen LogP contribution < -0.4 is 15.4 Å². The van der Waals surface area contributed by atoms with E-state index < -0.39 is 11.7 Å². The predicted octanol–water partition coefficient (Wildman–Crippen LogP) is 2.26. The van der Waals surface area contributed by atoms with Gasteiger partial charge in [0.1, 0.15) is 18.9 Å². The molecule has 27 heavy (non-hydrogen) atoms. The third kappa shape index (κ3) is 6.65. The van der Waals surface area contributed by atoms with Crippen LogP contribution in [0.5, 0.6) is 5.75 Å². The van der Waals surface area contributed by atoms with E-state index in [-0.39, 0.29) is 31.4 Å². The fourth-order valence-corrected chi connectivity index (χ4v) is 2.71. The number of halogens is 3. The topological polar surface area (TPSA) is 66.0 Å². The Hall–Kier alpha value is -2.45. The third-order valence-corrected chi connectivity index (χ3v) is 4.02. The van der Waals surface area contributed by atoms with E-state index >= 15 is 0 Å². The minimum atomic E-state index is -4.46. The van der Waals surface area contributed by atoms with Crippen LogP contribution in [-0.2, 0) is 11.0 Å². The van der Waals surface area contributed by atoms with Crippen molar-refractivity contribution in [2.24, 2.45) is 4.99 Å². The van der Waals surface area contributed by atoms with E-state index in [1.54, 1.807) is 4.90 Å². The maximum atomic E-state index is 12.9. The van der Waals surface area contributed by atoms with E-state index in [1.807, 2.05) is 6.92 Å². The quantitative estimate of drug-likeness (QED) is 0.429. The molecule has 1 heterocycles. The maximum Gasteiger partial charge on any atom is 0.419 e. The second-order valence-electron chi connectivity index (χ2n) is 6.05. The van der Waals surface area contributed by atoms with Gasteiger partial charge in [-0.3, -0.25) is 4.79 Å². The summed E-state index contributed by atoms with van der Waals surface area (Å²) in [5.74, 6) is 0.191. The molecule has 1 aliphatic heterocycles. The Labute approximate surface area is 156 Å². The summed E-state index contributed by atoms with van der Waals surface area (Å²) in [4.78, 5) is 18.0. The number of rotatable bonds is 7. The summed E-state index contributed by atoms with van der Waals surface area (Å²) in [6.07, 6.45) is -2.43. The molecule has 1 amide bonds. The smallest absolute Gasteiger partial charge is 0.419 e. The number of likely N-dealkylation sites (tertiary alicyclic amines) is 1. The van der Waals surface area contributed by atoms with Crippen LogP contribution in [0.15, 0.2) is 29.3 Å². The van der Waals surface area contributed by atoms with Crippen molar-refractivity contribution in [2.45, 2.75) is 25.9 Å². The van der Waals surface area contributed by atoms with E-state index in [1.165, 1.54) is 18.2 Å². The normalized spacial score (nSPS) is 15.0. The van der Waals surface area contributed by atoms with E-state index in [0.29, 0.717) is 12.5 Å². The molecule has 0 aliphatic carbocycles. The molecule has 6 nitrogen and oxygen atoms in total. The van der Waals surface area contributed by atoms with Crippen molar-refractivity contribution in [3.05, 3.63) is 29.8 Å². The van der Waals surface area contributed by atoms with Crippen LogP contribution in [0.3, 0.4) is 0 Å². The third-order valence-electron chi connectivity index (χ3n) is 4.02. The Morgan fingerprint density at radius 1 is 1.22 bits per heavy atom. The number of nitrogens with zero attached hydrogens (tertiary/aromatic N) is 2. The van der Waals surface area contributed by atoms with Crippen molar-refractivity contribution in [2.75, 3.05) is 39.3 Å². The SMILES string of the molecule is CCNC(=NCC(=O)N1CCCC1)NCCOc1ccccc1C(F)(F)F. The largest absolute Gasteiger partial charge is 0.491 e. The minimum Gasteiger partial charge on any atom is -0.491 e. The van der Waals surface area contributed by atoms with E-state index in [0.717, 1.165) is 32.0 Å². The second-order valence-corrected chi connectivity index (χ2v) is 6.05. The molecule has 0 aromatic heterocycles. The summed E-state index contributed by atoms with van der Waals surface area (Å²) >= 11 is 0. The van der Waals surface area contributed by atoms with Gasteiger partial charge in [0.25, 0.3) is 0 Å². The molecule has 0 bridgehead atoms. The molecular formula is C18H25F3N4O2. The highest BCUT2D eigenvalue weighted by molar-refractivity contribution is 5.85. The van der Waals surface area contributed by atoms with Crippen molar-refractivity contribution in [1.29, 1.82) is 0 Å². The standard InChI is InChI=1S/C18H25F3N4O2/c1-2-22-17(24-13-16(26)25-10-5-6-11-25)23-9-12-27-15-8-4-3-7-14(15)18(19,20)21/h3-4,7-8H,2,5-6,9-13H2,1H3,(H2,22,23,24). The van der Waals surface area contributed by atoms with Crippen LogP contribution in [0.4, 0.5) is 13.2 Å². The van der Waals surface area contributed by atoms with Gasteiger partial charge < -0.3 is 20.3 Å². The number of carbonyl (C=O) groups is 1. The maximum absolute atomic E-state index is 12.9. The number of hydrogen-bond acceptors (Lipinski definition) is 3. The summed E-state index contributed by atoms with van der Waals surface area (Å²) < 4.78 is 44.0. The zero-order valence-corrected chi connectivity index (χ0v) is 15.3. The zero-order valence-electron chi connectivity index (χ0n) is 15.3. The lowest BCUT2D eigenvalue weighted by Crippen LogP contribution is -2.40. The molecule has 9 heteroatoms. The van der Waals surface area contributed by atoms with Gasteiger partial charge in [0.2, 0.25) is 5.91 Å². The van der Waals surface area contributed by atoms with Crippen molar-refractivity contribution < 1.29 is 22.7 Å². The van der Waals surface area contributed by atoms with Gasteiger partial charge in [-0.1, -0.05) is 12.1 Å². The van der Waals surface area contributed by atoms with Crippen molar-refractivity contribution in [3.63, 3.8) is 0 Å². The Morgan fingerprint density at radius 3 is 2.59 bits per heavy atom. The van der Waals surface area contributed by atoms with Crippen LogP contribution in [-0.4, -0.2) is 56.1 Å². The number of aliphatic imine (C=N–C) groups is 1. The molecule has 0 unspecified atom stereocenters. The van der Waals surface area contributed by atoms with Gasteiger partial charge in [-0.15, -0.1) is 0 Å². The number of para-hydroxylation sites is 1. The van der Waals surface area contributed by atoms with Gasteiger partial charge >= 0.3 is 6.18 Å². The summed E-state index contributed by atoms with van der Waals surface area (Å²) in [7, 11) is 0. The van der Waals surface area contributed by atoms with Crippen LogP contribution in [0.25, 0.3) is 0 Å². The van der Waals surface area contributed by atoms with Gasteiger partial charge in [-0.2, -0.15) is 13.2 Å². The number of hydrogen-bond donors (Lipinski definition) is 2. The van der Waals surface area contributed by atoms with E-state index in [9.17, 15) is 18.0 Å². The van der Waals surface area contributed by atoms with Crippen LogP contribution in [0.2, 0.25) is 0 Å². The van der Waals surface area contributed by atoms with Crippen molar-refractivity contribution >= 4 is 11.9 Å². The molecule has 1 aromatic rings. The summed E-state index contributed by atoms with van der Waals surface area (Å²) in [6.45, 7) is 4.33. The van der Waals surface area contributed by atoms with E-state index in [2.05, 4.69) is 15.6 Å². The lowest BCUT2D eigenvalue weighted by Gasteiger charge is -2.16. The van der Waals surface area contributed by atoms with Gasteiger partial charge in [-0.25, -0.2) is 4.99 Å². The van der Waals surface area contributed by atoms with Crippen molar-refractivity contribution in [3.8, 4) is 5.75 Å². The lowest BCUT2D eigenvalue weighted by atomic mass is 10.2. The number of alkyl halides is 3. The summed E-state index contributed by atoms with van der Waals surface area (Å²) in [6, 6.07) is 5.09. The van der Waals surface area contributed by atoms with Gasteiger partial charge in [0.05, 0.1) is 12.1 Å². The Bertz CT molecular complexity index is 644. The highest BCUT2D eigenvalue weighted by Crippen LogP contribution is 2.35. The van der Waals surface area contributed by atoms with Gasteiger partial charge in [0, 0.05) is 19.6 Å². The number of benzene rings is 1. The monoisotopic (exact) mass is 386 g/mol. The first-order chi connectivity index (χ1) is 12.9. The predicted molar refractivity (Wildman–Crippen MR) is 96.7 cm³/mol. The summed E-state index contributed by atoms with van der Waals surface area (Å²) in [5.41, 5.74) is -0.804. The molecule has 1 aromatic carbocycles. The molecule has 0 radical (unpaired) electrons. The highest BCUT2D eigenvalue weighted by atomic mass is 19.4. The number of guanidine groups is 1. The molecular weight excluding hydrogens is 361 g/mol. The van der Waals surface area contributed by atoms with Crippen LogP contribution >= 0.6 is 0 Å². The lowest BCUT2D eigenvalue weighted by molar-refractivity contribution is -0.139. The average molecular weight is 386 g/mol. The molecule has 0 saturated carbocycles. The Kier molecular flexibility index (Phi) is 7.75. The molecule has 0 atom stereocenters. The number of amides is 1. The first-order valence-electron chi connectivity index (χ1n) is 9.00. The number of nitrogens with one attached hydrogen (secondary N) is 2. The molecule has 2 rings (SSSR count). The van der Waals surface area contributed by atoms with Crippen LogP contribution in [0, 0.1) is 0 Å². The zero-order chi connectivity index (χ0) is 19.7. The Balaban J connectivity index is 1.82. The molecule has 1 saturated heterocycles. The number of ether oxygens (including phenoxy) is 1. The fourth-order valence-electron chi connectivity index (χ4n) is 2.71. The minimum absolute atomic E-state index is 0.0254. The number of carbonyl (C=O) groups excluding carboxylic acids is 1. The average Bonchev–Trinajstić information content (AvgIpc) is 3.17. The van der Waals surface area contributed by atoms with Gasteiger partial charge in [0.15, 0.2) is 5.96 Å². The summed E-state index contributed by atoms with van der Waals surface area (Å²) in [5, 5.41) is 5.95. The second kappa shape index (κ2) is 10.0.